The van der Waals surface area contributed by atoms with Crippen molar-refractivity contribution >= 4 is 17.2 Å². The van der Waals surface area contributed by atoms with Crippen LogP contribution in [0.2, 0.25) is 0 Å². The van der Waals surface area contributed by atoms with Crippen molar-refractivity contribution in [3.63, 3.8) is 0 Å². The summed E-state index contributed by atoms with van der Waals surface area (Å²) in [6.45, 7) is 3.85. The first-order chi connectivity index (χ1) is 9.56. The lowest BCUT2D eigenvalue weighted by molar-refractivity contribution is 0.0935. The number of hydrogen-bond donors (Lipinski definition) is 2. The molecule has 0 spiro atoms. The smallest absolute Gasteiger partial charge is 0.270 e. The van der Waals surface area contributed by atoms with Crippen LogP contribution >= 0.6 is 11.3 Å². The van der Waals surface area contributed by atoms with Crippen LogP contribution in [-0.4, -0.2) is 16.9 Å². The Labute approximate surface area is 123 Å². The molecule has 1 heterocycles. The van der Waals surface area contributed by atoms with Crippen molar-refractivity contribution in [2.45, 2.75) is 32.4 Å². The second kappa shape index (κ2) is 6.63. The highest BCUT2D eigenvalue weighted by Gasteiger charge is 2.14. The van der Waals surface area contributed by atoms with E-state index in [2.05, 4.69) is 22.4 Å². The highest BCUT2D eigenvalue weighted by Crippen LogP contribution is 2.15. The molecule has 0 aliphatic rings. The van der Waals surface area contributed by atoms with Gasteiger partial charge in [0.2, 0.25) is 0 Å². The second-order valence-electron chi connectivity index (χ2n) is 4.92. The summed E-state index contributed by atoms with van der Waals surface area (Å²) in [7, 11) is 0. The number of carbonyl (C=O) groups is 1. The molecular weight excluding hydrogens is 270 g/mol. The van der Waals surface area contributed by atoms with Crippen molar-refractivity contribution < 1.29 is 4.79 Å². The van der Waals surface area contributed by atoms with Gasteiger partial charge in [0.1, 0.15) is 10.7 Å². The van der Waals surface area contributed by atoms with Crippen LogP contribution in [0.3, 0.4) is 0 Å². The van der Waals surface area contributed by atoms with E-state index >= 15 is 0 Å². The van der Waals surface area contributed by atoms with E-state index in [1.807, 2.05) is 32.0 Å². The molecule has 3 N–H and O–H groups in total. The molecule has 5 heteroatoms. The lowest BCUT2D eigenvalue weighted by Crippen LogP contribution is -2.34. The number of rotatable bonds is 5. The first kappa shape index (κ1) is 14.7. The minimum atomic E-state index is -0.142. The summed E-state index contributed by atoms with van der Waals surface area (Å²) in [6.07, 6.45) is 0.802. The highest BCUT2D eigenvalue weighted by atomic mass is 32.1. The van der Waals surface area contributed by atoms with Gasteiger partial charge in [0.25, 0.3) is 5.91 Å². The summed E-state index contributed by atoms with van der Waals surface area (Å²) >= 11 is 1.42. The number of hydrogen-bond acceptors (Lipinski definition) is 4. The maximum atomic E-state index is 12.1. The summed E-state index contributed by atoms with van der Waals surface area (Å²) in [5.41, 5.74) is 7.40. The van der Waals surface area contributed by atoms with Crippen LogP contribution in [0, 0.1) is 0 Å². The number of aromatic nitrogens is 1. The Morgan fingerprint density at radius 2 is 2.05 bits per heavy atom. The fourth-order valence-electron chi connectivity index (χ4n) is 1.92. The molecule has 4 nitrogen and oxygen atoms in total. The SMILES string of the molecule is CC(Cc1ccccc1)NC(=O)c1csc(C(C)N)n1. The minimum Gasteiger partial charge on any atom is -0.348 e. The molecule has 0 aliphatic heterocycles. The molecule has 0 saturated heterocycles. The van der Waals surface area contributed by atoms with Crippen molar-refractivity contribution in [1.82, 2.24) is 10.3 Å². The lowest BCUT2D eigenvalue weighted by Gasteiger charge is -2.13. The van der Waals surface area contributed by atoms with Gasteiger partial charge >= 0.3 is 0 Å². The third kappa shape index (κ3) is 3.88. The van der Waals surface area contributed by atoms with E-state index in [0.29, 0.717) is 5.69 Å². The normalized spacial score (nSPS) is 13.8. The lowest BCUT2D eigenvalue weighted by atomic mass is 10.1. The molecule has 106 valence electrons. The van der Waals surface area contributed by atoms with Crippen LogP contribution < -0.4 is 11.1 Å². The quantitative estimate of drug-likeness (QED) is 0.888. The average molecular weight is 289 g/mol. The molecule has 0 fully saturated rings. The number of thiazole rings is 1. The Balaban J connectivity index is 1.93. The van der Waals surface area contributed by atoms with E-state index in [1.54, 1.807) is 5.38 Å². The summed E-state index contributed by atoms with van der Waals surface area (Å²) < 4.78 is 0. The van der Waals surface area contributed by atoms with Gasteiger partial charge in [-0.15, -0.1) is 11.3 Å². The fourth-order valence-corrected chi connectivity index (χ4v) is 2.68. The molecule has 2 atom stereocenters. The molecule has 0 radical (unpaired) electrons. The van der Waals surface area contributed by atoms with Gasteiger partial charge in [-0.25, -0.2) is 4.98 Å². The summed E-state index contributed by atoms with van der Waals surface area (Å²) in [4.78, 5) is 16.3. The van der Waals surface area contributed by atoms with Crippen LogP contribution in [0.15, 0.2) is 35.7 Å². The molecule has 2 rings (SSSR count). The van der Waals surface area contributed by atoms with Crippen LogP contribution in [0.4, 0.5) is 0 Å². The Morgan fingerprint density at radius 3 is 2.65 bits per heavy atom. The number of nitrogens with one attached hydrogen (secondary N) is 1. The van der Waals surface area contributed by atoms with Crippen molar-refractivity contribution in [1.29, 1.82) is 0 Å². The summed E-state index contributed by atoms with van der Waals surface area (Å²) in [6, 6.07) is 10.0. The second-order valence-corrected chi connectivity index (χ2v) is 5.81. The number of amides is 1. The predicted molar refractivity (Wildman–Crippen MR) is 81.8 cm³/mol. The Morgan fingerprint density at radius 1 is 1.35 bits per heavy atom. The van der Waals surface area contributed by atoms with Crippen LogP contribution in [-0.2, 0) is 6.42 Å². The molecule has 2 aromatic rings. The van der Waals surface area contributed by atoms with E-state index in [1.165, 1.54) is 16.9 Å². The van der Waals surface area contributed by atoms with E-state index < -0.39 is 0 Å². The van der Waals surface area contributed by atoms with E-state index in [4.69, 9.17) is 5.73 Å². The van der Waals surface area contributed by atoms with Gasteiger partial charge in [0.05, 0.1) is 6.04 Å². The maximum absolute atomic E-state index is 12.1. The fraction of sp³-hybridized carbons (Fsp3) is 0.333. The molecule has 0 saturated carbocycles. The predicted octanol–water partition coefficient (Wildman–Crippen LogP) is 2.52. The van der Waals surface area contributed by atoms with E-state index in [0.717, 1.165) is 11.4 Å². The summed E-state index contributed by atoms with van der Waals surface area (Å²) in [5, 5.41) is 5.50. The molecule has 1 aromatic carbocycles. The number of nitrogens with zero attached hydrogens (tertiary/aromatic N) is 1. The minimum absolute atomic E-state index is 0.0605. The first-order valence-corrected chi connectivity index (χ1v) is 7.50. The maximum Gasteiger partial charge on any atom is 0.270 e. The number of benzene rings is 1. The zero-order valence-electron chi connectivity index (χ0n) is 11.7. The van der Waals surface area contributed by atoms with Crippen molar-refractivity contribution in [2.24, 2.45) is 5.73 Å². The molecule has 1 aromatic heterocycles. The third-order valence-electron chi connectivity index (χ3n) is 2.91. The van der Waals surface area contributed by atoms with Gasteiger partial charge in [-0.05, 0) is 25.8 Å². The topological polar surface area (TPSA) is 68.0 Å². The average Bonchev–Trinajstić information content (AvgIpc) is 2.89. The Hall–Kier alpha value is -1.72. The van der Waals surface area contributed by atoms with Crippen molar-refractivity contribution in [3.05, 3.63) is 52.0 Å². The van der Waals surface area contributed by atoms with Crippen molar-refractivity contribution in [3.8, 4) is 0 Å². The zero-order chi connectivity index (χ0) is 14.5. The van der Waals surface area contributed by atoms with E-state index in [9.17, 15) is 4.79 Å². The molecule has 20 heavy (non-hydrogen) atoms. The molecule has 0 bridgehead atoms. The van der Waals surface area contributed by atoms with Gasteiger partial charge in [0.15, 0.2) is 0 Å². The zero-order valence-corrected chi connectivity index (χ0v) is 12.5. The van der Waals surface area contributed by atoms with Crippen LogP contribution in [0.5, 0.6) is 0 Å². The Kier molecular flexibility index (Phi) is 4.87. The van der Waals surface area contributed by atoms with Crippen LogP contribution in [0.1, 0.15) is 40.9 Å². The van der Waals surface area contributed by atoms with Gasteiger partial charge in [-0.3, -0.25) is 4.79 Å². The monoisotopic (exact) mass is 289 g/mol. The molecule has 2 unspecified atom stereocenters. The summed E-state index contributed by atoms with van der Waals surface area (Å²) in [5.74, 6) is -0.142. The third-order valence-corrected chi connectivity index (χ3v) is 3.95. The van der Waals surface area contributed by atoms with Gasteiger partial charge in [-0.1, -0.05) is 30.3 Å². The molecule has 1 amide bonds. The van der Waals surface area contributed by atoms with Crippen LogP contribution in [0.25, 0.3) is 0 Å². The molecular formula is C15H19N3OS. The van der Waals surface area contributed by atoms with Gasteiger partial charge in [0, 0.05) is 11.4 Å². The largest absolute Gasteiger partial charge is 0.348 e. The molecule has 0 aliphatic carbocycles. The standard InChI is InChI=1S/C15H19N3OS/c1-10(8-12-6-4-3-5-7-12)17-14(19)13-9-20-15(18-13)11(2)16/h3-7,9-11H,8,16H2,1-2H3,(H,17,19). The highest BCUT2D eigenvalue weighted by molar-refractivity contribution is 7.09. The van der Waals surface area contributed by atoms with Crippen molar-refractivity contribution in [2.75, 3.05) is 0 Å². The van der Waals surface area contributed by atoms with Gasteiger partial charge < -0.3 is 11.1 Å². The van der Waals surface area contributed by atoms with Gasteiger partial charge in [-0.2, -0.15) is 0 Å². The number of carbonyl (C=O) groups excluding carboxylic acids is 1. The van der Waals surface area contributed by atoms with E-state index in [-0.39, 0.29) is 18.0 Å². The first-order valence-electron chi connectivity index (χ1n) is 6.62. The Bertz CT molecular complexity index is 566. The number of nitrogens with two attached hydrogens (primary N) is 1.